The maximum Gasteiger partial charge on any atom is 0.227 e. The molecule has 0 aliphatic carbocycles. The molecule has 1 aromatic rings. The number of aromatic nitrogens is 1. The predicted molar refractivity (Wildman–Crippen MR) is 64.0 cm³/mol. The average molecular weight is 221 g/mol. The summed E-state index contributed by atoms with van der Waals surface area (Å²) >= 11 is 0. The van der Waals surface area contributed by atoms with Gasteiger partial charge in [0, 0.05) is 18.9 Å². The van der Waals surface area contributed by atoms with Crippen molar-refractivity contribution >= 4 is 5.91 Å². The van der Waals surface area contributed by atoms with Crippen molar-refractivity contribution in [2.75, 3.05) is 13.1 Å². The molecule has 88 valence electrons. The summed E-state index contributed by atoms with van der Waals surface area (Å²) in [4.78, 5) is 15.9. The third kappa shape index (κ3) is 3.62. The fourth-order valence-corrected chi connectivity index (χ4v) is 1.58. The zero-order valence-corrected chi connectivity index (χ0v) is 9.65. The van der Waals surface area contributed by atoms with E-state index in [-0.39, 0.29) is 11.8 Å². The van der Waals surface area contributed by atoms with Gasteiger partial charge < -0.3 is 11.1 Å². The van der Waals surface area contributed by atoms with Gasteiger partial charge in [-0.1, -0.05) is 6.92 Å². The molecule has 1 amide bonds. The summed E-state index contributed by atoms with van der Waals surface area (Å²) in [6, 6.07) is 3.73. The van der Waals surface area contributed by atoms with Gasteiger partial charge in [0.2, 0.25) is 5.91 Å². The number of pyridine rings is 1. The third-order valence-electron chi connectivity index (χ3n) is 2.43. The van der Waals surface area contributed by atoms with Crippen LogP contribution in [0.1, 0.15) is 31.2 Å². The molecule has 0 aliphatic rings. The van der Waals surface area contributed by atoms with E-state index >= 15 is 0 Å². The van der Waals surface area contributed by atoms with Crippen LogP contribution in [0.25, 0.3) is 0 Å². The van der Waals surface area contributed by atoms with Crippen molar-refractivity contribution in [1.82, 2.24) is 10.3 Å². The molecule has 0 bridgehead atoms. The van der Waals surface area contributed by atoms with E-state index in [0.717, 1.165) is 12.0 Å². The van der Waals surface area contributed by atoms with Gasteiger partial charge in [-0.3, -0.25) is 9.78 Å². The highest BCUT2D eigenvalue weighted by Crippen LogP contribution is 2.18. The molecular formula is C12H19N3O. The molecule has 1 rings (SSSR count). The Morgan fingerprint density at radius 3 is 2.75 bits per heavy atom. The van der Waals surface area contributed by atoms with Gasteiger partial charge in [0.25, 0.3) is 0 Å². The second-order valence-corrected chi connectivity index (χ2v) is 3.70. The maximum absolute atomic E-state index is 11.9. The molecule has 0 saturated heterocycles. The number of nitrogens with one attached hydrogen (secondary N) is 1. The second kappa shape index (κ2) is 6.95. The molecule has 1 aromatic heterocycles. The number of rotatable bonds is 6. The number of nitrogens with zero attached hydrogens (tertiary/aromatic N) is 1. The number of amides is 1. The molecule has 1 atom stereocenters. The van der Waals surface area contributed by atoms with E-state index in [4.69, 9.17) is 5.73 Å². The van der Waals surface area contributed by atoms with Crippen molar-refractivity contribution in [1.29, 1.82) is 0 Å². The van der Waals surface area contributed by atoms with Gasteiger partial charge in [0.05, 0.1) is 5.92 Å². The van der Waals surface area contributed by atoms with Gasteiger partial charge in [0.1, 0.15) is 0 Å². The Labute approximate surface area is 96.3 Å². The van der Waals surface area contributed by atoms with E-state index in [1.54, 1.807) is 12.4 Å². The molecule has 0 saturated carbocycles. The number of nitrogens with two attached hydrogens (primary N) is 1. The first-order valence-electron chi connectivity index (χ1n) is 5.67. The van der Waals surface area contributed by atoms with Crippen LogP contribution in [0.3, 0.4) is 0 Å². The molecule has 1 heterocycles. The van der Waals surface area contributed by atoms with Crippen molar-refractivity contribution in [3.8, 4) is 0 Å². The lowest BCUT2D eigenvalue weighted by atomic mass is 9.96. The fourth-order valence-electron chi connectivity index (χ4n) is 1.58. The predicted octanol–water partition coefficient (Wildman–Crippen LogP) is 1.04. The Kier molecular flexibility index (Phi) is 5.50. The molecule has 4 nitrogen and oxygen atoms in total. The second-order valence-electron chi connectivity index (χ2n) is 3.70. The molecule has 0 fully saturated rings. The normalized spacial score (nSPS) is 12.1. The Bertz CT molecular complexity index is 313. The number of hydrogen-bond acceptors (Lipinski definition) is 3. The summed E-state index contributed by atoms with van der Waals surface area (Å²) in [5, 5.41) is 2.90. The van der Waals surface area contributed by atoms with Gasteiger partial charge >= 0.3 is 0 Å². The van der Waals surface area contributed by atoms with E-state index in [9.17, 15) is 4.79 Å². The SMILES string of the molecule is CCCNC(=O)C(CCN)c1ccncc1. The largest absolute Gasteiger partial charge is 0.356 e. The van der Waals surface area contributed by atoms with Gasteiger partial charge in [-0.05, 0) is 37.1 Å². The first kappa shape index (κ1) is 12.6. The van der Waals surface area contributed by atoms with Crippen LogP contribution in [0.15, 0.2) is 24.5 Å². The van der Waals surface area contributed by atoms with Crippen molar-refractivity contribution in [3.63, 3.8) is 0 Å². The summed E-state index contributed by atoms with van der Waals surface area (Å²) in [5.41, 5.74) is 6.52. The zero-order chi connectivity index (χ0) is 11.8. The van der Waals surface area contributed by atoms with Crippen LogP contribution in [0, 0.1) is 0 Å². The van der Waals surface area contributed by atoms with Gasteiger partial charge in [-0.2, -0.15) is 0 Å². The number of carbonyl (C=O) groups is 1. The summed E-state index contributed by atoms with van der Waals surface area (Å²) in [6.07, 6.45) is 5.01. The lowest BCUT2D eigenvalue weighted by Gasteiger charge is -2.15. The Morgan fingerprint density at radius 2 is 2.19 bits per heavy atom. The van der Waals surface area contributed by atoms with Gasteiger partial charge in [-0.15, -0.1) is 0 Å². The van der Waals surface area contributed by atoms with Crippen LogP contribution >= 0.6 is 0 Å². The van der Waals surface area contributed by atoms with E-state index < -0.39 is 0 Å². The highest BCUT2D eigenvalue weighted by molar-refractivity contribution is 5.83. The topological polar surface area (TPSA) is 68.0 Å². The lowest BCUT2D eigenvalue weighted by Crippen LogP contribution is -2.31. The van der Waals surface area contributed by atoms with Crippen LogP contribution in [-0.4, -0.2) is 24.0 Å². The molecular weight excluding hydrogens is 202 g/mol. The van der Waals surface area contributed by atoms with Crippen LogP contribution in [0.2, 0.25) is 0 Å². The van der Waals surface area contributed by atoms with Crippen molar-refractivity contribution in [2.24, 2.45) is 5.73 Å². The minimum atomic E-state index is -0.153. The van der Waals surface area contributed by atoms with Crippen LogP contribution < -0.4 is 11.1 Å². The molecule has 16 heavy (non-hydrogen) atoms. The zero-order valence-electron chi connectivity index (χ0n) is 9.65. The molecule has 0 radical (unpaired) electrons. The summed E-state index contributed by atoms with van der Waals surface area (Å²) < 4.78 is 0. The van der Waals surface area contributed by atoms with Crippen molar-refractivity contribution in [2.45, 2.75) is 25.7 Å². The Morgan fingerprint density at radius 1 is 1.50 bits per heavy atom. The quantitative estimate of drug-likeness (QED) is 0.754. The van der Waals surface area contributed by atoms with Gasteiger partial charge in [0.15, 0.2) is 0 Å². The molecule has 3 N–H and O–H groups in total. The first-order chi connectivity index (χ1) is 7.79. The summed E-state index contributed by atoms with van der Waals surface area (Å²) in [5.74, 6) is -0.0990. The summed E-state index contributed by atoms with van der Waals surface area (Å²) in [6.45, 7) is 3.25. The summed E-state index contributed by atoms with van der Waals surface area (Å²) in [7, 11) is 0. The fraction of sp³-hybridized carbons (Fsp3) is 0.500. The van der Waals surface area contributed by atoms with Crippen molar-refractivity contribution < 1.29 is 4.79 Å². The highest BCUT2D eigenvalue weighted by atomic mass is 16.1. The minimum absolute atomic E-state index is 0.0542. The average Bonchev–Trinajstić information content (AvgIpc) is 2.34. The molecule has 1 unspecified atom stereocenters. The molecule has 0 aromatic carbocycles. The molecule has 4 heteroatoms. The number of hydrogen-bond donors (Lipinski definition) is 2. The third-order valence-corrected chi connectivity index (χ3v) is 2.43. The van der Waals surface area contributed by atoms with E-state index in [1.165, 1.54) is 0 Å². The molecule has 0 spiro atoms. The number of carbonyl (C=O) groups excluding carboxylic acids is 1. The van der Waals surface area contributed by atoms with Crippen LogP contribution in [0.5, 0.6) is 0 Å². The van der Waals surface area contributed by atoms with E-state index in [1.807, 2.05) is 19.1 Å². The van der Waals surface area contributed by atoms with Crippen LogP contribution in [0.4, 0.5) is 0 Å². The maximum atomic E-state index is 11.9. The highest BCUT2D eigenvalue weighted by Gasteiger charge is 2.18. The lowest BCUT2D eigenvalue weighted by molar-refractivity contribution is -0.122. The van der Waals surface area contributed by atoms with E-state index in [2.05, 4.69) is 10.3 Å². The van der Waals surface area contributed by atoms with Crippen LogP contribution in [-0.2, 0) is 4.79 Å². The first-order valence-corrected chi connectivity index (χ1v) is 5.67. The minimum Gasteiger partial charge on any atom is -0.356 e. The standard InChI is InChI=1S/C12H19N3O/c1-2-7-15-12(16)11(3-6-13)10-4-8-14-9-5-10/h4-5,8-9,11H,2-3,6-7,13H2,1H3,(H,15,16). The Hall–Kier alpha value is -1.42. The molecule has 0 aliphatic heterocycles. The smallest absolute Gasteiger partial charge is 0.227 e. The Balaban J connectivity index is 2.71. The van der Waals surface area contributed by atoms with E-state index in [0.29, 0.717) is 19.5 Å². The van der Waals surface area contributed by atoms with Crippen molar-refractivity contribution in [3.05, 3.63) is 30.1 Å². The van der Waals surface area contributed by atoms with Gasteiger partial charge in [-0.25, -0.2) is 0 Å². The monoisotopic (exact) mass is 221 g/mol.